The molecule has 1 aromatic heterocycles. The molecule has 4 heteroatoms. The summed E-state index contributed by atoms with van der Waals surface area (Å²) in [6.45, 7) is 4.71. The van der Waals surface area contributed by atoms with Gasteiger partial charge in [-0.15, -0.1) is 11.3 Å². The second kappa shape index (κ2) is 5.00. The van der Waals surface area contributed by atoms with Gasteiger partial charge in [0.25, 0.3) is 0 Å². The fourth-order valence-corrected chi connectivity index (χ4v) is 3.67. The second-order valence-electron chi connectivity index (χ2n) is 5.83. The van der Waals surface area contributed by atoms with Crippen molar-refractivity contribution in [3.63, 3.8) is 0 Å². The van der Waals surface area contributed by atoms with E-state index in [0.29, 0.717) is 6.04 Å². The molecular formula is C15H21N3S. The molecule has 3 nitrogen and oxygen atoms in total. The third-order valence-corrected chi connectivity index (χ3v) is 5.29. The summed E-state index contributed by atoms with van der Waals surface area (Å²) in [5, 5.41) is 3.62. The van der Waals surface area contributed by atoms with Crippen LogP contribution in [-0.4, -0.2) is 11.0 Å². The summed E-state index contributed by atoms with van der Waals surface area (Å²) in [5.74, 6) is 1.63. The highest BCUT2D eigenvalue weighted by Crippen LogP contribution is 2.34. The highest BCUT2D eigenvalue weighted by atomic mass is 32.1. The molecule has 102 valence electrons. The summed E-state index contributed by atoms with van der Waals surface area (Å²) in [6.07, 6.45) is 3.77. The Morgan fingerprint density at radius 1 is 1.26 bits per heavy atom. The Kier molecular flexibility index (Phi) is 3.35. The molecule has 0 radical (unpaired) electrons. The Hall–Kier alpha value is -1.29. The van der Waals surface area contributed by atoms with Crippen LogP contribution in [0.1, 0.15) is 33.1 Å². The fraction of sp³-hybridized carbons (Fsp3) is 0.533. The number of nitrogen functional groups attached to an aromatic ring is 1. The number of nitrogens with zero attached hydrogens (tertiary/aromatic N) is 1. The topological polar surface area (TPSA) is 50.9 Å². The molecule has 1 aromatic carbocycles. The average molecular weight is 275 g/mol. The van der Waals surface area contributed by atoms with Gasteiger partial charge in [0.15, 0.2) is 0 Å². The maximum Gasteiger partial charge on any atom is 0.106 e. The van der Waals surface area contributed by atoms with E-state index in [2.05, 4.69) is 36.3 Å². The summed E-state index contributed by atoms with van der Waals surface area (Å²) in [4.78, 5) is 4.35. The number of hydrogen-bond donors (Lipinski definition) is 2. The number of nitrogens with one attached hydrogen (secondary N) is 1. The van der Waals surface area contributed by atoms with Crippen LogP contribution < -0.4 is 11.1 Å². The summed E-state index contributed by atoms with van der Waals surface area (Å²) < 4.78 is 1.16. The quantitative estimate of drug-likeness (QED) is 0.811. The molecule has 0 amide bonds. The first-order chi connectivity index (χ1) is 9.15. The lowest BCUT2D eigenvalue weighted by atomic mass is 9.79. The fourth-order valence-electron chi connectivity index (χ4n) is 2.98. The van der Waals surface area contributed by atoms with Crippen molar-refractivity contribution >= 4 is 32.9 Å². The normalized spacial score (nSPS) is 27.6. The second-order valence-corrected chi connectivity index (χ2v) is 6.72. The standard InChI is InChI=1S/C15H21N3S/c1-9-3-4-11(7-10(9)2)18-12-5-6-13-15(14(12)16)17-8-19-13/h5-6,8-11,18H,3-4,7,16H2,1-2H3. The average Bonchev–Trinajstić information content (AvgIpc) is 2.86. The van der Waals surface area contributed by atoms with Gasteiger partial charge in [0.2, 0.25) is 0 Å². The molecule has 0 spiro atoms. The van der Waals surface area contributed by atoms with Crippen LogP contribution in [0.5, 0.6) is 0 Å². The van der Waals surface area contributed by atoms with Crippen LogP contribution in [-0.2, 0) is 0 Å². The number of fused-ring (bicyclic) bond motifs is 1. The molecule has 0 aliphatic heterocycles. The molecule has 1 fully saturated rings. The van der Waals surface area contributed by atoms with Gasteiger partial charge in [-0.25, -0.2) is 4.98 Å². The molecule has 2 aromatic rings. The molecule has 1 saturated carbocycles. The van der Waals surface area contributed by atoms with E-state index in [0.717, 1.165) is 33.4 Å². The molecule has 3 atom stereocenters. The van der Waals surface area contributed by atoms with Gasteiger partial charge in [-0.1, -0.05) is 13.8 Å². The van der Waals surface area contributed by atoms with Crippen LogP contribution in [0.15, 0.2) is 17.6 Å². The van der Waals surface area contributed by atoms with E-state index in [-0.39, 0.29) is 0 Å². The van der Waals surface area contributed by atoms with Crippen molar-refractivity contribution < 1.29 is 0 Å². The van der Waals surface area contributed by atoms with Crippen molar-refractivity contribution in [1.29, 1.82) is 0 Å². The van der Waals surface area contributed by atoms with Gasteiger partial charge >= 0.3 is 0 Å². The number of rotatable bonds is 2. The lowest BCUT2D eigenvalue weighted by Gasteiger charge is -2.33. The number of aromatic nitrogens is 1. The molecule has 1 aliphatic rings. The van der Waals surface area contributed by atoms with Crippen molar-refractivity contribution in [3.05, 3.63) is 17.6 Å². The van der Waals surface area contributed by atoms with E-state index in [1.165, 1.54) is 19.3 Å². The lowest BCUT2D eigenvalue weighted by Crippen LogP contribution is -2.30. The van der Waals surface area contributed by atoms with Crippen LogP contribution in [0.25, 0.3) is 10.2 Å². The molecular weight excluding hydrogens is 254 g/mol. The van der Waals surface area contributed by atoms with Crippen LogP contribution in [0.3, 0.4) is 0 Å². The maximum atomic E-state index is 6.22. The van der Waals surface area contributed by atoms with Crippen molar-refractivity contribution in [3.8, 4) is 0 Å². The minimum atomic E-state index is 0.546. The third kappa shape index (κ3) is 2.41. The minimum Gasteiger partial charge on any atom is -0.395 e. The Balaban J connectivity index is 1.79. The number of thiazole rings is 1. The molecule has 0 saturated heterocycles. The van der Waals surface area contributed by atoms with E-state index in [4.69, 9.17) is 5.73 Å². The van der Waals surface area contributed by atoms with Crippen molar-refractivity contribution in [2.75, 3.05) is 11.1 Å². The lowest BCUT2D eigenvalue weighted by molar-refractivity contribution is 0.261. The molecule has 19 heavy (non-hydrogen) atoms. The summed E-state index contributed by atoms with van der Waals surface area (Å²) in [6, 6.07) is 4.75. The van der Waals surface area contributed by atoms with Crippen LogP contribution >= 0.6 is 11.3 Å². The SMILES string of the molecule is CC1CCC(Nc2ccc3scnc3c2N)CC1C. The highest BCUT2D eigenvalue weighted by Gasteiger charge is 2.24. The number of hydrogen-bond acceptors (Lipinski definition) is 4. The number of anilines is 2. The summed E-state index contributed by atoms with van der Waals surface area (Å²) in [5.41, 5.74) is 10.9. The molecule has 3 rings (SSSR count). The van der Waals surface area contributed by atoms with Gasteiger partial charge in [0, 0.05) is 6.04 Å². The van der Waals surface area contributed by atoms with Crippen LogP contribution in [0.2, 0.25) is 0 Å². The van der Waals surface area contributed by atoms with Gasteiger partial charge in [-0.3, -0.25) is 0 Å². The zero-order valence-corrected chi connectivity index (χ0v) is 12.3. The zero-order chi connectivity index (χ0) is 13.4. The van der Waals surface area contributed by atoms with E-state index < -0.39 is 0 Å². The van der Waals surface area contributed by atoms with Crippen LogP contribution in [0.4, 0.5) is 11.4 Å². The first-order valence-corrected chi connectivity index (χ1v) is 7.91. The molecule has 1 aliphatic carbocycles. The molecule has 1 heterocycles. The van der Waals surface area contributed by atoms with E-state index in [1.54, 1.807) is 11.3 Å². The van der Waals surface area contributed by atoms with Crippen molar-refractivity contribution in [2.24, 2.45) is 11.8 Å². The minimum absolute atomic E-state index is 0.546. The third-order valence-electron chi connectivity index (χ3n) is 4.50. The van der Waals surface area contributed by atoms with Gasteiger partial charge in [0.1, 0.15) is 5.52 Å². The maximum absolute atomic E-state index is 6.22. The predicted molar refractivity (Wildman–Crippen MR) is 83.6 cm³/mol. The predicted octanol–water partition coefficient (Wildman–Crippen LogP) is 4.12. The first-order valence-electron chi connectivity index (χ1n) is 7.03. The number of nitrogens with two attached hydrogens (primary N) is 1. The van der Waals surface area contributed by atoms with E-state index >= 15 is 0 Å². The van der Waals surface area contributed by atoms with Gasteiger partial charge in [-0.2, -0.15) is 0 Å². The first kappa shape index (κ1) is 12.7. The van der Waals surface area contributed by atoms with Crippen molar-refractivity contribution in [2.45, 2.75) is 39.2 Å². The Morgan fingerprint density at radius 3 is 2.89 bits per heavy atom. The monoisotopic (exact) mass is 275 g/mol. The summed E-state index contributed by atoms with van der Waals surface area (Å²) in [7, 11) is 0. The highest BCUT2D eigenvalue weighted by molar-refractivity contribution is 7.16. The largest absolute Gasteiger partial charge is 0.395 e. The smallest absolute Gasteiger partial charge is 0.106 e. The molecule has 3 unspecified atom stereocenters. The van der Waals surface area contributed by atoms with Gasteiger partial charge < -0.3 is 11.1 Å². The van der Waals surface area contributed by atoms with Crippen LogP contribution in [0, 0.1) is 11.8 Å². The Bertz CT molecular complexity index is 578. The van der Waals surface area contributed by atoms with Crippen molar-refractivity contribution in [1.82, 2.24) is 4.98 Å². The van der Waals surface area contributed by atoms with Gasteiger partial charge in [-0.05, 0) is 43.2 Å². The van der Waals surface area contributed by atoms with E-state index in [9.17, 15) is 0 Å². The van der Waals surface area contributed by atoms with E-state index in [1.807, 2.05) is 5.51 Å². The number of benzene rings is 1. The Morgan fingerprint density at radius 2 is 2.11 bits per heavy atom. The van der Waals surface area contributed by atoms with Gasteiger partial charge in [0.05, 0.1) is 21.6 Å². The summed E-state index contributed by atoms with van der Waals surface area (Å²) >= 11 is 1.64. The molecule has 0 bridgehead atoms. The zero-order valence-electron chi connectivity index (χ0n) is 11.5. The molecule has 3 N–H and O–H groups in total. The Labute approximate surface area is 118 Å².